The Morgan fingerprint density at radius 1 is 1.03 bits per heavy atom. The number of nitrogens with zero attached hydrogens (tertiary/aromatic N) is 3. The van der Waals surface area contributed by atoms with Gasteiger partial charge in [0.05, 0.1) is 18.4 Å². The van der Waals surface area contributed by atoms with Crippen LogP contribution in [0.1, 0.15) is 16.8 Å². The lowest BCUT2D eigenvalue weighted by Gasteiger charge is -2.05. The number of pyridine rings is 1. The summed E-state index contributed by atoms with van der Waals surface area (Å²) in [4.78, 5) is 21.1. The summed E-state index contributed by atoms with van der Waals surface area (Å²) in [6.07, 6.45) is 5.57. The number of hydrogen-bond donors (Lipinski definition) is 0. The average molecular weight is 425 g/mol. The summed E-state index contributed by atoms with van der Waals surface area (Å²) in [6, 6.07) is 20.5. The molecule has 1 aliphatic heterocycles. The molecule has 2 aromatic carbocycles. The number of hydrogen-bond acceptors (Lipinski definition) is 6. The Labute approximate surface area is 184 Å². The van der Waals surface area contributed by atoms with Gasteiger partial charge in [-0.3, -0.25) is 0 Å². The Hall–Kier alpha value is -4.39. The summed E-state index contributed by atoms with van der Waals surface area (Å²) in [5.74, 6) is 1.02. The molecular weight excluding hydrogens is 406 g/mol. The Balaban J connectivity index is 1.29. The third-order valence-electron chi connectivity index (χ3n) is 4.94. The number of fused-ring (bicyclic) bond motifs is 1. The molecule has 4 aromatic rings. The van der Waals surface area contributed by atoms with E-state index < -0.39 is 5.97 Å². The van der Waals surface area contributed by atoms with Gasteiger partial charge in [0, 0.05) is 12.4 Å². The first-order valence-corrected chi connectivity index (χ1v) is 10.0. The van der Waals surface area contributed by atoms with Gasteiger partial charge in [-0.2, -0.15) is 0 Å². The minimum Gasteiger partial charge on any atom is -0.496 e. The van der Waals surface area contributed by atoms with E-state index in [1.54, 1.807) is 25.3 Å². The van der Waals surface area contributed by atoms with Crippen molar-refractivity contribution in [2.75, 3.05) is 7.11 Å². The maximum absolute atomic E-state index is 12.3. The lowest BCUT2D eigenvalue weighted by Crippen LogP contribution is -2.06. The summed E-state index contributed by atoms with van der Waals surface area (Å²) in [6.45, 7) is 0.362. The van der Waals surface area contributed by atoms with Crippen LogP contribution in [0.4, 0.5) is 0 Å². The fraction of sp³-hybridized carbons (Fsp3) is 0.0800. The van der Waals surface area contributed by atoms with Crippen molar-refractivity contribution < 1.29 is 19.0 Å². The molecule has 3 heterocycles. The highest BCUT2D eigenvalue weighted by molar-refractivity contribution is 6.13. The summed E-state index contributed by atoms with van der Waals surface area (Å²) >= 11 is 0. The van der Waals surface area contributed by atoms with Gasteiger partial charge in [-0.1, -0.05) is 30.3 Å². The van der Waals surface area contributed by atoms with Crippen molar-refractivity contribution in [1.82, 2.24) is 9.38 Å². The molecular formula is C25H19N3O4. The second kappa shape index (κ2) is 8.39. The van der Waals surface area contributed by atoms with Gasteiger partial charge in [-0.15, -0.1) is 0 Å². The maximum atomic E-state index is 12.3. The fourth-order valence-electron chi connectivity index (χ4n) is 3.38. The first-order valence-electron chi connectivity index (χ1n) is 10.0. The number of esters is 1. The number of benzene rings is 2. The first kappa shape index (κ1) is 19.6. The molecule has 0 saturated heterocycles. The van der Waals surface area contributed by atoms with E-state index in [-0.39, 0.29) is 11.6 Å². The number of methoxy groups -OCH3 is 1. The van der Waals surface area contributed by atoms with Crippen molar-refractivity contribution >= 4 is 23.6 Å². The van der Waals surface area contributed by atoms with Crippen LogP contribution in [-0.2, 0) is 16.1 Å². The second-order valence-corrected chi connectivity index (χ2v) is 7.09. The number of ether oxygens (including phenoxy) is 3. The SMILES string of the molecule is COc1ccccc1C1=N/C(=C/c2ccc(OCc3cn4ccccc4n3)cc2)C(=O)O1. The van der Waals surface area contributed by atoms with Crippen molar-refractivity contribution in [3.8, 4) is 11.5 Å². The number of aromatic nitrogens is 2. The topological polar surface area (TPSA) is 74.4 Å². The smallest absolute Gasteiger partial charge is 0.363 e. The summed E-state index contributed by atoms with van der Waals surface area (Å²) in [5, 5.41) is 0. The fourth-order valence-corrected chi connectivity index (χ4v) is 3.38. The van der Waals surface area contributed by atoms with Gasteiger partial charge in [0.1, 0.15) is 23.8 Å². The van der Waals surface area contributed by atoms with Crippen molar-refractivity contribution in [2.24, 2.45) is 4.99 Å². The van der Waals surface area contributed by atoms with Crippen molar-refractivity contribution in [3.63, 3.8) is 0 Å². The number of para-hydroxylation sites is 1. The van der Waals surface area contributed by atoms with E-state index in [0.717, 1.165) is 16.9 Å². The molecule has 0 fully saturated rings. The van der Waals surface area contributed by atoms with Crippen LogP contribution in [0, 0.1) is 0 Å². The standard InChI is InChI=1S/C25H19N3O4/c1-30-22-7-3-2-6-20(22)24-27-21(25(29)32-24)14-17-9-11-19(12-10-17)31-16-18-15-28-13-5-4-8-23(28)26-18/h2-15H,16H2,1H3/b21-14+. The molecule has 0 aliphatic carbocycles. The Morgan fingerprint density at radius 3 is 2.66 bits per heavy atom. The number of carbonyl (C=O) groups is 1. The van der Waals surface area contributed by atoms with Gasteiger partial charge >= 0.3 is 5.97 Å². The van der Waals surface area contributed by atoms with Crippen LogP contribution in [-0.4, -0.2) is 28.4 Å². The van der Waals surface area contributed by atoms with Crippen molar-refractivity contribution in [1.29, 1.82) is 0 Å². The molecule has 0 bridgehead atoms. The zero-order valence-corrected chi connectivity index (χ0v) is 17.3. The molecule has 7 heteroatoms. The van der Waals surface area contributed by atoms with Crippen LogP contribution in [0.2, 0.25) is 0 Å². The van der Waals surface area contributed by atoms with E-state index in [9.17, 15) is 4.79 Å². The number of cyclic esters (lactones) is 1. The summed E-state index contributed by atoms with van der Waals surface area (Å²) < 4.78 is 18.5. The van der Waals surface area contributed by atoms with Gasteiger partial charge in [-0.05, 0) is 48.0 Å². The molecule has 1 aliphatic rings. The third-order valence-corrected chi connectivity index (χ3v) is 4.94. The van der Waals surface area contributed by atoms with Crippen LogP contribution < -0.4 is 9.47 Å². The van der Waals surface area contributed by atoms with Crippen LogP contribution in [0.25, 0.3) is 11.7 Å². The Morgan fingerprint density at radius 2 is 1.84 bits per heavy atom. The molecule has 0 amide bonds. The molecule has 158 valence electrons. The molecule has 7 nitrogen and oxygen atoms in total. The molecule has 0 N–H and O–H groups in total. The minimum absolute atomic E-state index is 0.226. The van der Waals surface area contributed by atoms with Crippen LogP contribution in [0.3, 0.4) is 0 Å². The van der Waals surface area contributed by atoms with E-state index in [4.69, 9.17) is 14.2 Å². The molecule has 0 radical (unpaired) electrons. The van der Waals surface area contributed by atoms with E-state index in [1.165, 1.54) is 0 Å². The largest absolute Gasteiger partial charge is 0.496 e. The van der Waals surface area contributed by atoms with Crippen molar-refractivity contribution in [2.45, 2.75) is 6.61 Å². The first-order chi connectivity index (χ1) is 15.7. The number of imidazole rings is 1. The number of aliphatic imine (C=N–C) groups is 1. The molecule has 0 atom stereocenters. The summed E-state index contributed by atoms with van der Waals surface area (Å²) in [5.41, 5.74) is 3.38. The predicted molar refractivity (Wildman–Crippen MR) is 120 cm³/mol. The van der Waals surface area contributed by atoms with Crippen LogP contribution in [0.5, 0.6) is 11.5 Å². The van der Waals surface area contributed by atoms with E-state index >= 15 is 0 Å². The molecule has 0 spiro atoms. The van der Waals surface area contributed by atoms with Crippen LogP contribution in [0.15, 0.2) is 89.8 Å². The third kappa shape index (κ3) is 3.96. The highest BCUT2D eigenvalue weighted by Crippen LogP contribution is 2.25. The van der Waals surface area contributed by atoms with E-state index in [1.807, 2.05) is 71.4 Å². The quantitative estimate of drug-likeness (QED) is 0.341. The van der Waals surface area contributed by atoms with Gasteiger partial charge in [-0.25, -0.2) is 14.8 Å². The Bertz CT molecular complexity index is 1320. The average Bonchev–Trinajstić information content (AvgIpc) is 3.41. The molecule has 32 heavy (non-hydrogen) atoms. The normalized spacial score (nSPS) is 14.5. The lowest BCUT2D eigenvalue weighted by atomic mass is 10.2. The zero-order valence-electron chi connectivity index (χ0n) is 17.3. The highest BCUT2D eigenvalue weighted by atomic mass is 16.6. The van der Waals surface area contributed by atoms with Gasteiger partial charge in [0.25, 0.3) is 0 Å². The van der Waals surface area contributed by atoms with E-state index in [2.05, 4.69) is 9.98 Å². The lowest BCUT2D eigenvalue weighted by molar-refractivity contribution is -0.129. The Kier molecular flexibility index (Phi) is 5.13. The monoisotopic (exact) mass is 425 g/mol. The molecule has 2 aromatic heterocycles. The van der Waals surface area contributed by atoms with Gasteiger partial charge in [0.15, 0.2) is 5.70 Å². The van der Waals surface area contributed by atoms with Crippen LogP contribution >= 0.6 is 0 Å². The van der Waals surface area contributed by atoms with E-state index in [0.29, 0.717) is 23.7 Å². The highest BCUT2D eigenvalue weighted by Gasteiger charge is 2.26. The van der Waals surface area contributed by atoms with Crippen molar-refractivity contribution in [3.05, 3.63) is 102 Å². The number of carbonyl (C=O) groups excluding carboxylic acids is 1. The molecule has 5 rings (SSSR count). The maximum Gasteiger partial charge on any atom is 0.363 e. The minimum atomic E-state index is -0.502. The van der Waals surface area contributed by atoms with Gasteiger partial charge in [0.2, 0.25) is 5.90 Å². The second-order valence-electron chi connectivity index (χ2n) is 7.09. The zero-order chi connectivity index (χ0) is 21.9. The predicted octanol–water partition coefficient (Wildman–Crippen LogP) is 4.27. The molecule has 0 saturated carbocycles. The number of rotatable bonds is 6. The summed E-state index contributed by atoms with van der Waals surface area (Å²) in [7, 11) is 1.56. The molecule has 0 unspecified atom stereocenters. The van der Waals surface area contributed by atoms with Gasteiger partial charge < -0.3 is 18.6 Å².